The third-order valence-corrected chi connectivity index (χ3v) is 16.1. The van der Waals surface area contributed by atoms with Gasteiger partial charge < -0.3 is 9.16 Å². The van der Waals surface area contributed by atoms with Crippen molar-refractivity contribution in [3.8, 4) is 0 Å². The molecule has 0 aromatic rings. The maximum absolute atomic E-state index is 14.2. The van der Waals surface area contributed by atoms with Crippen molar-refractivity contribution in [3.63, 3.8) is 0 Å². The van der Waals surface area contributed by atoms with Gasteiger partial charge in [-0.25, -0.2) is 0 Å². The standard InChI is InChI=1S/C30H48O5Si/c1-19(31)35-25-14-16-30(18-34-36(9,10)26(2,3)4)21-13-15-28(7)20(11-12-23(28)32)29(21,8)24(33)17-22(30)27(25,5)6/h17,20-21,25H,11-16,18H2,1-10H3/t20-,21+,25+,28-,29+,30+/m1/s1. The molecule has 202 valence electrons. The Morgan fingerprint density at radius 1 is 1.03 bits per heavy atom. The lowest BCUT2D eigenvalue weighted by Gasteiger charge is -2.64. The molecule has 0 bridgehead atoms. The predicted molar refractivity (Wildman–Crippen MR) is 144 cm³/mol. The molecule has 6 atom stereocenters. The molecule has 5 nitrogen and oxygen atoms in total. The van der Waals surface area contributed by atoms with Crippen molar-refractivity contribution in [3.05, 3.63) is 11.6 Å². The summed E-state index contributed by atoms with van der Waals surface area (Å²) >= 11 is 0. The zero-order valence-electron chi connectivity index (χ0n) is 24.3. The van der Waals surface area contributed by atoms with Crippen LogP contribution in [0.5, 0.6) is 0 Å². The van der Waals surface area contributed by atoms with Crippen LogP contribution >= 0.6 is 0 Å². The summed E-state index contributed by atoms with van der Waals surface area (Å²) < 4.78 is 12.8. The van der Waals surface area contributed by atoms with Crippen LogP contribution in [0.25, 0.3) is 0 Å². The highest BCUT2D eigenvalue weighted by Crippen LogP contribution is 2.70. The van der Waals surface area contributed by atoms with Crippen LogP contribution in [-0.4, -0.2) is 38.6 Å². The molecule has 3 fully saturated rings. The Labute approximate surface area is 219 Å². The van der Waals surface area contributed by atoms with Gasteiger partial charge in [-0.1, -0.05) is 48.5 Å². The van der Waals surface area contributed by atoms with Gasteiger partial charge in [0, 0.05) is 41.6 Å². The summed E-state index contributed by atoms with van der Waals surface area (Å²) in [7, 11) is -2.06. The number of hydrogen-bond donors (Lipinski definition) is 0. The van der Waals surface area contributed by atoms with Crippen molar-refractivity contribution in [2.75, 3.05) is 6.61 Å². The molecule has 0 N–H and O–H groups in total. The van der Waals surface area contributed by atoms with Crippen LogP contribution < -0.4 is 0 Å². The minimum absolute atomic E-state index is 0.0700. The fourth-order valence-electron chi connectivity index (χ4n) is 8.39. The predicted octanol–water partition coefficient (Wildman–Crippen LogP) is 6.66. The molecule has 0 spiro atoms. The van der Waals surface area contributed by atoms with E-state index in [4.69, 9.17) is 9.16 Å². The highest BCUT2D eigenvalue weighted by Gasteiger charge is 2.69. The van der Waals surface area contributed by atoms with E-state index in [2.05, 4.69) is 61.6 Å². The number of hydrogen-bond acceptors (Lipinski definition) is 5. The van der Waals surface area contributed by atoms with Crippen molar-refractivity contribution < 1.29 is 23.5 Å². The largest absolute Gasteiger partial charge is 0.462 e. The molecule has 0 amide bonds. The third kappa shape index (κ3) is 3.75. The zero-order valence-corrected chi connectivity index (χ0v) is 25.3. The van der Waals surface area contributed by atoms with Gasteiger partial charge in [-0.15, -0.1) is 0 Å². The molecule has 0 saturated heterocycles. The second-order valence-electron chi connectivity index (χ2n) is 14.8. The molecule has 0 unspecified atom stereocenters. The van der Waals surface area contributed by atoms with Gasteiger partial charge >= 0.3 is 5.97 Å². The maximum atomic E-state index is 14.2. The fourth-order valence-corrected chi connectivity index (χ4v) is 9.44. The number of carbonyl (C=O) groups excluding carboxylic acids is 3. The molecular formula is C30H48O5Si. The van der Waals surface area contributed by atoms with Crippen molar-refractivity contribution in [1.29, 1.82) is 0 Å². The summed E-state index contributed by atoms with van der Waals surface area (Å²) in [6, 6.07) is 0. The molecular weight excluding hydrogens is 468 g/mol. The quantitative estimate of drug-likeness (QED) is 0.309. The lowest BCUT2D eigenvalue weighted by molar-refractivity contribution is -0.169. The maximum Gasteiger partial charge on any atom is 0.302 e. The molecule has 0 heterocycles. The highest BCUT2D eigenvalue weighted by molar-refractivity contribution is 6.74. The summed E-state index contributed by atoms with van der Waals surface area (Å²) in [5, 5.41) is 0.0782. The van der Waals surface area contributed by atoms with E-state index in [0.29, 0.717) is 18.8 Å². The van der Waals surface area contributed by atoms with Gasteiger partial charge in [-0.05, 0) is 73.7 Å². The first-order valence-electron chi connectivity index (χ1n) is 14.0. The van der Waals surface area contributed by atoms with E-state index in [-0.39, 0.29) is 40.1 Å². The molecule has 4 aliphatic carbocycles. The number of allylic oxidation sites excluding steroid dienone is 1. The Hall–Kier alpha value is -1.27. The first kappa shape index (κ1) is 27.8. The molecule has 3 saturated carbocycles. The van der Waals surface area contributed by atoms with E-state index in [9.17, 15) is 14.4 Å². The Bertz CT molecular complexity index is 1000. The van der Waals surface area contributed by atoms with Crippen LogP contribution in [0.3, 0.4) is 0 Å². The van der Waals surface area contributed by atoms with E-state index >= 15 is 0 Å². The summed E-state index contributed by atoms with van der Waals surface area (Å²) in [4.78, 5) is 39.2. The van der Waals surface area contributed by atoms with Gasteiger partial charge in [0.15, 0.2) is 14.1 Å². The van der Waals surface area contributed by atoms with Gasteiger partial charge in [-0.2, -0.15) is 0 Å². The molecule has 6 heteroatoms. The van der Waals surface area contributed by atoms with Crippen LogP contribution in [0.2, 0.25) is 18.1 Å². The Kier molecular flexibility index (Phi) is 6.45. The summed E-state index contributed by atoms with van der Waals surface area (Å²) in [6.45, 7) is 22.0. The average Bonchev–Trinajstić information content (AvgIpc) is 3.05. The number of ether oxygens (including phenoxy) is 1. The van der Waals surface area contributed by atoms with E-state index in [1.54, 1.807) is 0 Å². The average molecular weight is 517 g/mol. The monoisotopic (exact) mass is 516 g/mol. The minimum Gasteiger partial charge on any atom is -0.462 e. The molecule has 0 aromatic heterocycles. The van der Waals surface area contributed by atoms with E-state index in [1.165, 1.54) is 6.92 Å². The number of ketones is 2. The normalized spacial score (nSPS) is 40.2. The van der Waals surface area contributed by atoms with Crippen LogP contribution in [0.15, 0.2) is 11.6 Å². The molecule has 4 aliphatic rings. The summed E-state index contributed by atoms with van der Waals surface area (Å²) in [5.74, 6) is 0.404. The van der Waals surface area contributed by atoms with Crippen LogP contribution in [0, 0.1) is 33.5 Å². The molecule has 4 rings (SSSR count). The van der Waals surface area contributed by atoms with Gasteiger partial charge in [0.2, 0.25) is 0 Å². The van der Waals surface area contributed by atoms with Gasteiger partial charge in [-0.3, -0.25) is 14.4 Å². The topological polar surface area (TPSA) is 69.7 Å². The van der Waals surface area contributed by atoms with Crippen LogP contribution in [0.4, 0.5) is 0 Å². The third-order valence-electron chi connectivity index (χ3n) is 11.6. The number of carbonyl (C=O) groups is 3. The minimum atomic E-state index is -2.06. The van der Waals surface area contributed by atoms with E-state index < -0.39 is 24.6 Å². The molecule has 0 radical (unpaired) electrons. The van der Waals surface area contributed by atoms with Gasteiger partial charge in [0.25, 0.3) is 0 Å². The van der Waals surface area contributed by atoms with Crippen LogP contribution in [0.1, 0.15) is 93.9 Å². The first-order chi connectivity index (χ1) is 16.3. The fraction of sp³-hybridized carbons (Fsp3) is 0.833. The van der Waals surface area contributed by atoms with E-state index in [0.717, 1.165) is 37.7 Å². The Balaban J connectivity index is 1.86. The smallest absolute Gasteiger partial charge is 0.302 e. The summed E-state index contributed by atoms with van der Waals surface area (Å²) in [6.07, 6.45) is 6.32. The van der Waals surface area contributed by atoms with Crippen molar-refractivity contribution in [1.82, 2.24) is 0 Å². The number of esters is 1. The number of Topliss-reactive ketones (excluding diaryl/α,β-unsaturated/α-hetero) is 1. The van der Waals surface area contributed by atoms with Crippen molar-refractivity contribution >= 4 is 25.9 Å². The molecule has 0 aromatic carbocycles. The second-order valence-corrected chi connectivity index (χ2v) is 19.6. The van der Waals surface area contributed by atoms with Crippen molar-refractivity contribution in [2.45, 2.75) is 118 Å². The van der Waals surface area contributed by atoms with Gasteiger partial charge in [0.05, 0.1) is 0 Å². The van der Waals surface area contributed by atoms with Gasteiger partial charge in [0.1, 0.15) is 11.9 Å². The lowest BCUT2D eigenvalue weighted by atomic mass is 9.39. The Morgan fingerprint density at radius 3 is 2.25 bits per heavy atom. The lowest BCUT2D eigenvalue weighted by Crippen LogP contribution is -2.64. The molecule has 0 aliphatic heterocycles. The van der Waals surface area contributed by atoms with Crippen molar-refractivity contribution in [2.24, 2.45) is 33.5 Å². The number of fused-ring (bicyclic) bond motifs is 5. The first-order valence-corrected chi connectivity index (χ1v) is 16.9. The SMILES string of the molecule is CC(=O)O[C@H]1CC[C@@]2(CO[Si](C)(C)C(C)(C)C)C(=CC(=O)[C@]3(C)[C@@H]2CC[C@@]2(C)C(=O)CC[C@@H]32)C1(C)C. The number of rotatable bonds is 4. The summed E-state index contributed by atoms with van der Waals surface area (Å²) in [5.41, 5.74) is -0.649. The Morgan fingerprint density at radius 2 is 1.67 bits per heavy atom. The zero-order chi connectivity index (χ0) is 27.1. The second kappa shape index (κ2) is 8.36. The molecule has 36 heavy (non-hydrogen) atoms. The van der Waals surface area contributed by atoms with E-state index in [1.807, 2.05) is 6.08 Å². The van der Waals surface area contributed by atoms with Crippen LogP contribution in [-0.2, 0) is 23.5 Å². The highest BCUT2D eigenvalue weighted by atomic mass is 28.4.